The number of rotatable bonds is 3. The van der Waals surface area contributed by atoms with Gasteiger partial charge in [-0.15, -0.1) is 0 Å². The van der Waals surface area contributed by atoms with E-state index in [9.17, 15) is 13.6 Å². The van der Waals surface area contributed by atoms with Gasteiger partial charge in [0, 0.05) is 10.7 Å². The molecule has 0 saturated carbocycles. The van der Waals surface area contributed by atoms with Crippen molar-refractivity contribution in [1.29, 1.82) is 0 Å². The van der Waals surface area contributed by atoms with E-state index in [0.717, 1.165) is 12.1 Å². The second-order valence-electron chi connectivity index (χ2n) is 6.12. The summed E-state index contributed by atoms with van der Waals surface area (Å²) in [5.41, 5.74) is 1.58. The predicted octanol–water partition coefficient (Wildman–Crippen LogP) is 5.10. The Morgan fingerprint density at radius 1 is 1.18 bits per heavy atom. The van der Waals surface area contributed by atoms with Crippen LogP contribution in [0.5, 0.6) is 0 Å². The summed E-state index contributed by atoms with van der Waals surface area (Å²) in [5.74, 6) is -1.21. The van der Waals surface area contributed by atoms with Crippen LogP contribution in [-0.4, -0.2) is 27.1 Å². The van der Waals surface area contributed by atoms with Gasteiger partial charge >= 0.3 is 5.97 Å². The molecule has 0 saturated heterocycles. The van der Waals surface area contributed by atoms with Gasteiger partial charge in [0.15, 0.2) is 0 Å². The predicted molar refractivity (Wildman–Crippen MR) is 105 cm³/mol. The average Bonchev–Trinajstić information content (AvgIpc) is 2.99. The van der Waals surface area contributed by atoms with Gasteiger partial charge in [-0.25, -0.2) is 18.6 Å². The van der Waals surface area contributed by atoms with Crippen LogP contribution < -0.4 is 0 Å². The highest BCUT2D eigenvalue weighted by Crippen LogP contribution is 2.32. The third kappa shape index (κ3) is 2.84. The molecule has 142 valence electrons. The molecule has 2 aromatic heterocycles. The molecule has 0 aliphatic rings. The first-order valence-electron chi connectivity index (χ1n) is 8.51. The number of hydrogen-bond acceptors (Lipinski definition) is 4. The molecule has 0 unspecified atom stereocenters. The molecule has 8 heteroatoms. The first-order chi connectivity index (χ1) is 13.4. The molecule has 2 heterocycles. The molecule has 0 aliphatic carbocycles. The number of benzene rings is 2. The number of fused-ring (bicyclic) bond motifs is 2. The van der Waals surface area contributed by atoms with Crippen LogP contribution in [0.1, 0.15) is 23.1 Å². The monoisotopic (exact) mass is 445 g/mol. The van der Waals surface area contributed by atoms with Crippen molar-refractivity contribution in [2.45, 2.75) is 13.8 Å². The Hall–Kier alpha value is -2.87. The summed E-state index contributed by atoms with van der Waals surface area (Å²) >= 11 is 3.40. The van der Waals surface area contributed by atoms with Crippen molar-refractivity contribution in [3.05, 3.63) is 64.0 Å². The Kier molecular flexibility index (Phi) is 4.58. The maximum atomic E-state index is 14.6. The molecule has 0 N–H and O–H groups in total. The highest BCUT2D eigenvalue weighted by atomic mass is 79.9. The van der Waals surface area contributed by atoms with Crippen LogP contribution in [0.2, 0.25) is 0 Å². The lowest BCUT2D eigenvalue weighted by Gasteiger charge is -2.12. The second-order valence-corrected chi connectivity index (χ2v) is 7.03. The second kappa shape index (κ2) is 6.94. The number of esters is 1. The minimum atomic E-state index is -0.617. The lowest BCUT2D eigenvalue weighted by atomic mass is 10.1. The van der Waals surface area contributed by atoms with Crippen LogP contribution in [0, 0.1) is 18.6 Å². The Morgan fingerprint density at radius 2 is 1.93 bits per heavy atom. The topological polar surface area (TPSA) is 57.0 Å². The highest BCUT2D eigenvalue weighted by molar-refractivity contribution is 9.10. The Morgan fingerprint density at radius 3 is 2.68 bits per heavy atom. The standard InChI is InChI=1S/C20H14BrF2N3O2/c1-3-28-20(27)12-8-11(21)9-16-18(12)25-10(2)26(16)15-6-7-24-19-14(23)5-4-13(22)17(15)19/h4-9H,3H2,1-2H3. The molecule has 0 radical (unpaired) electrons. The zero-order chi connectivity index (χ0) is 20.0. The van der Waals surface area contributed by atoms with Crippen LogP contribution in [0.15, 0.2) is 41.0 Å². The summed E-state index contributed by atoms with van der Waals surface area (Å²) in [4.78, 5) is 20.8. The molecule has 4 aromatic rings. The van der Waals surface area contributed by atoms with Crippen molar-refractivity contribution in [3.8, 4) is 5.69 Å². The van der Waals surface area contributed by atoms with Gasteiger partial charge in [-0.2, -0.15) is 0 Å². The van der Waals surface area contributed by atoms with Gasteiger partial charge in [0.05, 0.1) is 28.8 Å². The third-order valence-corrected chi connectivity index (χ3v) is 4.86. The van der Waals surface area contributed by atoms with E-state index in [4.69, 9.17) is 4.74 Å². The number of ether oxygens (including phenoxy) is 1. The largest absolute Gasteiger partial charge is 0.462 e. The van der Waals surface area contributed by atoms with E-state index in [-0.39, 0.29) is 23.1 Å². The van der Waals surface area contributed by atoms with Crippen molar-refractivity contribution in [3.63, 3.8) is 0 Å². The molecular formula is C20H14BrF2N3O2. The summed E-state index contributed by atoms with van der Waals surface area (Å²) in [6, 6.07) is 7.09. The fourth-order valence-corrected chi connectivity index (χ4v) is 3.74. The van der Waals surface area contributed by atoms with E-state index in [1.54, 1.807) is 36.6 Å². The number of halogens is 3. The summed E-state index contributed by atoms with van der Waals surface area (Å²) < 4.78 is 36.2. The van der Waals surface area contributed by atoms with Crippen molar-refractivity contribution in [1.82, 2.24) is 14.5 Å². The number of carbonyl (C=O) groups excluding carboxylic acids is 1. The maximum absolute atomic E-state index is 14.6. The Balaban J connectivity index is 2.09. The molecule has 0 spiro atoms. The lowest BCUT2D eigenvalue weighted by Crippen LogP contribution is -2.06. The summed E-state index contributed by atoms with van der Waals surface area (Å²) in [5, 5.41) is 0.0440. The molecule has 2 aromatic carbocycles. The number of pyridine rings is 1. The first-order valence-corrected chi connectivity index (χ1v) is 9.30. The normalized spacial score (nSPS) is 11.3. The fourth-order valence-electron chi connectivity index (χ4n) is 3.29. The molecular weight excluding hydrogens is 432 g/mol. The Bertz CT molecular complexity index is 1250. The van der Waals surface area contributed by atoms with E-state index in [2.05, 4.69) is 25.9 Å². The van der Waals surface area contributed by atoms with Gasteiger partial charge in [-0.05, 0) is 44.2 Å². The smallest absolute Gasteiger partial charge is 0.340 e. The van der Waals surface area contributed by atoms with Gasteiger partial charge in [-0.1, -0.05) is 15.9 Å². The fraction of sp³-hybridized carbons (Fsp3) is 0.150. The number of imidazole rings is 1. The van der Waals surface area contributed by atoms with Gasteiger partial charge < -0.3 is 4.74 Å². The molecule has 28 heavy (non-hydrogen) atoms. The van der Waals surface area contributed by atoms with Gasteiger partial charge in [0.2, 0.25) is 0 Å². The van der Waals surface area contributed by atoms with E-state index >= 15 is 0 Å². The van der Waals surface area contributed by atoms with Crippen molar-refractivity contribution in [2.24, 2.45) is 0 Å². The molecule has 4 rings (SSSR count). The van der Waals surface area contributed by atoms with Crippen LogP contribution in [0.3, 0.4) is 0 Å². The number of hydrogen-bond donors (Lipinski definition) is 0. The SMILES string of the molecule is CCOC(=O)c1cc(Br)cc2c1nc(C)n2-c1ccnc2c(F)ccc(F)c12. The molecule has 0 atom stereocenters. The third-order valence-electron chi connectivity index (χ3n) is 4.40. The van der Waals surface area contributed by atoms with E-state index in [1.807, 2.05) is 0 Å². The maximum Gasteiger partial charge on any atom is 0.340 e. The Labute approximate surface area is 167 Å². The minimum Gasteiger partial charge on any atom is -0.462 e. The van der Waals surface area contributed by atoms with Gasteiger partial charge in [0.1, 0.15) is 28.5 Å². The lowest BCUT2D eigenvalue weighted by molar-refractivity contribution is 0.0528. The average molecular weight is 446 g/mol. The van der Waals surface area contributed by atoms with Crippen molar-refractivity contribution >= 4 is 43.8 Å². The van der Waals surface area contributed by atoms with Crippen LogP contribution in [0.25, 0.3) is 27.6 Å². The van der Waals surface area contributed by atoms with Crippen molar-refractivity contribution in [2.75, 3.05) is 6.61 Å². The van der Waals surface area contributed by atoms with Crippen molar-refractivity contribution < 1.29 is 18.3 Å². The van der Waals surface area contributed by atoms with Gasteiger partial charge in [0.25, 0.3) is 0 Å². The zero-order valence-corrected chi connectivity index (χ0v) is 16.5. The molecule has 5 nitrogen and oxygen atoms in total. The zero-order valence-electron chi connectivity index (χ0n) is 15.0. The summed E-state index contributed by atoms with van der Waals surface area (Å²) in [7, 11) is 0. The minimum absolute atomic E-state index is 0.0440. The number of aromatic nitrogens is 3. The number of aryl methyl sites for hydroxylation is 1. The first kappa shape index (κ1) is 18.5. The quantitative estimate of drug-likeness (QED) is 0.411. The van der Waals surface area contributed by atoms with E-state index < -0.39 is 17.6 Å². The molecule has 0 amide bonds. The number of nitrogens with zero attached hydrogens (tertiary/aromatic N) is 3. The van der Waals surface area contributed by atoms with Crippen LogP contribution in [-0.2, 0) is 4.74 Å². The summed E-state index contributed by atoms with van der Waals surface area (Å²) in [6.07, 6.45) is 1.41. The van der Waals surface area contributed by atoms with Gasteiger partial charge in [-0.3, -0.25) is 9.55 Å². The molecule has 0 aliphatic heterocycles. The van der Waals surface area contributed by atoms with E-state index in [1.165, 1.54) is 6.20 Å². The van der Waals surface area contributed by atoms with Crippen LogP contribution in [0.4, 0.5) is 8.78 Å². The molecule has 0 bridgehead atoms. The summed E-state index contributed by atoms with van der Waals surface area (Å²) in [6.45, 7) is 3.68. The highest BCUT2D eigenvalue weighted by Gasteiger charge is 2.21. The molecule has 0 fully saturated rings. The van der Waals surface area contributed by atoms with E-state index in [0.29, 0.717) is 27.0 Å². The van der Waals surface area contributed by atoms with Crippen LogP contribution >= 0.6 is 15.9 Å². The number of carbonyl (C=O) groups is 1.